The fourth-order valence-electron chi connectivity index (χ4n) is 4.15. The number of pyridine rings is 1. The number of nitrogens with zero attached hydrogens (tertiary/aromatic N) is 4. The Hall–Kier alpha value is -3.01. The van der Waals surface area contributed by atoms with Crippen molar-refractivity contribution in [3.63, 3.8) is 0 Å². The van der Waals surface area contributed by atoms with Gasteiger partial charge in [0, 0.05) is 25.5 Å². The van der Waals surface area contributed by atoms with Gasteiger partial charge in [0.15, 0.2) is 0 Å². The van der Waals surface area contributed by atoms with Crippen molar-refractivity contribution in [2.24, 2.45) is 0 Å². The summed E-state index contributed by atoms with van der Waals surface area (Å²) in [6.07, 6.45) is 4.50. The number of ether oxygens (including phenoxy) is 1. The van der Waals surface area contributed by atoms with E-state index in [0.717, 1.165) is 0 Å². The number of hydroxylamine groups is 3. The van der Waals surface area contributed by atoms with E-state index in [9.17, 15) is 22.8 Å². The summed E-state index contributed by atoms with van der Waals surface area (Å²) >= 11 is 0. The zero-order chi connectivity index (χ0) is 27.2. The standard InChI is InChI=1S/C17H28N4O9S.C5H5N/c1-17(2,3)28-16(24)19-8-4-5-12(10-19)29-18-14(22)13-7-6-11-9-20(13)15(23)21(11)30-31(25,26)27;1-2-4-6-5-3-1/h11-13H,4-10H2,1-3H3,(H,18,22)(H,25,26,27);1-5H/t11-,12+,13+;/m1./s1. The first-order valence-corrected chi connectivity index (χ1v) is 13.3. The quantitative estimate of drug-likeness (QED) is 0.410. The van der Waals surface area contributed by atoms with Crippen LogP contribution in [-0.4, -0.2) is 94.3 Å². The van der Waals surface area contributed by atoms with Crippen LogP contribution in [-0.2, 0) is 29.1 Å². The number of likely N-dealkylation sites (tertiary alicyclic amines) is 1. The van der Waals surface area contributed by atoms with Gasteiger partial charge in [-0.15, -0.1) is 4.28 Å². The van der Waals surface area contributed by atoms with Gasteiger partial charge in [0.05, 0.1) is 12.6 Å². The third-order valence-electron chi connectivity index (χ3n) is 5.72. The average molecular weight is 544 g/mol. The monoisotopic (exact) mass is 543 g/mol. The van der Waals surface area contributed by atoms with Gasteiger partial charge in [0.25, 0.3) is 5.91 Å². The van der Waals surface area contributed by atoms with Gasteiger partial charge in [-0.2, -0.15) is 13.5 Å². The molecule has 3 saturated heterocycles. The molecule has 14 nitrogen and oxygen atoms in total. The topological polar surface area (TPSA) is 168 Å². The van der Waals surface area contributed by atoms with Crippen LogP contribution in [0, 0.1) is 0 Å². The molecule has 0 radical (unpaired) electrons. The Bertz CT molecular complexity index is 1020. The van der Waals surface area contributed by atoms with E-state index in [1.807, 2.05) is 18.2 Å². The number of rotatable bonds is 5. The van der Waals surface area contributed by atoms with Crippen molar-refractivity contribution in [1.82, 2.24) is 25.3 Å². The van der Waals surface area contributed by atoms with Crippen LogP contribution in [0.4, 0.5) is 9.59 Å². The fraction of sp³-hybridized carbons (Fsp3) is 0.636. The highest BCUT2D eigenvalue weighted by Crippen LogP contribution is 2.30. The maximum atomic E-state index is 12.6. The minimum Gasteiger partial charge on any atom is -0.444 e. The molecule has 15 heteroatoms. The summed E-state index contributed by atoms with van der Waals surface area (Å²) in [6, 6.07) is 3.44. The van der Waals surface area contributed by atoms with Crippen molar-refractivity contribution >= 4 is 28.4 Å². The van der Waals surface area contributed by atoms with Gasteiger partial charge in [0.2, 0.25) is 0 Å². The molecule has 3 fully saturated rings. The predicted molar refractivity (Wildman–Crippen MR) is 128 cm³/mol. The van der Waals surface area contributed by atoms with Gasteiger partial charge in [-0.05, 0) is 58.6 Å². The molecule has 0 saturated carbocycles. The zero-order valence-corrected chi connectivity index (χ0v) is 21.8. The van der Waals surface area contributed by atoms with Crippen LogP contribution in [0.15, 0.2) is 30.6 Å². The van der Waals surface area contributed by atoms with Gasteiger partial charge in [-0.3, -0.25) is 19.2 Å². The lowest BCUT2D eigenvalue weighted by Gasteiger charge is -2.34. The van der Waals surface area contributed by atoms with Crippen molar-refractivity contribution in [3.05, 3.63) is 30.6 Å². The summed E-state index contributed by atoms with van der Waals surface area (Å²) in [6.45, 7) is 6.19. The first-order chi connectivity index (χ1) is 17.3. The molecule has 4 heterocycles. The van der Waals surface area contributed by atoms with E-state index in [1.54, 1.807) is 33.2 Å². The molecule has 4 rings (SSSR count). The maximum absolute atomic E-state index is 12.6. The summed E-state index contributed by atoms with van der Waals surface area (Å²) in [5.74, 6) is -0.560. The van der Waals surface area contributed by atoms with Crippen molar-refractivity contribution < 1.29 is 41.2 Å². The van der Waals surface area contributed by atoms with Crippen LogP contribution in [0.2, 0.25) is 0 Å². The Labute approximate surface area is 215 Å². The second-order valence-corrected chi connectivity index (χ2v) is 10.8. The normalized spacial score (nSPS) is 23.7. The fourth-order valence-corrected chi connectivity index (χ4v) is 4.54. The summed E-state index contributed by atoms with van der Waals surface area (Å²) < 4.78 is 40.4. The molecule has 0 spiro atoms. The number of amides is 4. The lowest BCUT2D eigenvalue weighted by Crippen LogP contribution is -2.52. The molecular formula is C22H33N5O9S. The molecule has 0 aliphatic carbocycles. The number of urea groups is 1. The van der Waals surface area contributed by atoms with Crippen LogP contribution in [0.3, 0.4) is 0 Å². The lowest BCUT2D eigenvalue weighted by molar-refractivity contribution is -0.146. The molecule has 0 unspecified atom stereocenters. The molecule has 2 bridgehead atoms. The molecule has 3 aliphatic rings. The van der Waals surface area contributed by atoms with Gasteiger partial charge in [0.1, 0.15) is 17.7 Å². The van der Waals surface area contributed by atoms with Gasteiger partial charge >= 0.3 is 22.5 Å². The van der Waals surface area contributed by atoms with Crippen LogP contribution >= 0.6 is 0 Å². The molecule has 3 aliphatic heterocycles. The summed E-state index contributed by atoms with van der Waals surface area (Å²) in [4.78, 5) is 49.2. The Morgan fingerprint density at radius 1 is 1.11 bits per heavy atom. The Morgan fingerprint density at radius 3 is 2.38 bits per heavy atom. The molecule has 0 aromatic carbocycles. The minimum absolute atomic E-state index is 0.0856. The van der Waals surface area contributed by atoms with Crippen LogP contribution < -0.4 is 5.48 Å². The number of carbonyl (C=O) groups excluding carboxylic acids is 3. The first-order valence-electron chi connectivity index (χ1n) is 11.9. The van der Waals surface area contributed by atoms with Gasteiger partial charge in [-0.1, -0.05) is 6.07 Å². The minimum atomic E-state index is -4.85. The number of carbonyl (C=O) groups is 3. The zero-order valence-electron chi connectivity index (χ0n) is 21.0. The number of aromatic nitrogens is 1. The smallest absolute Gasteiger partial charge is 0.418 e. The van der Waals surface area contributed by atoms with Crippen LogP contribution in [0.5, 0.6) is 0 Å². The van der Waals surface area contributed by atoms with Crippen LogP contribution in [0.1, 0.15) is 46.5 Å². The summed E-state index contributed by atoms with van der Waals surface area (Å²) in [7, 11) is -4.85. The van der Waals surface area contributed by atoms with E-state index in [4.69, 9.17) is 14.1 Å². The Balaban J connectivity index is 0.000000555. The molecule has 1 aromatic rings. The van der Waals surface area contributed by atoms with E-state index in [-0.39, 0.29) is 19.5 Å². The molecule has 1 aromatic heterocycles. The van der Waals surface area contributed by atoms with Crippen molar-refractivity contribution in [2.45, 2.75) is 70.2 Å². The number of fused-ring (bicyclic) bond motifs is 2. The number of piperidine rings is 2. The first kappa shape index (κ1) is 28.6. The SMILES string of the molecule is CC(C)(C)OC(=O)N1CCC[C@H](ONC(=O)[C@@H]2CC[C@@H]3CN2C(=O)N3OS(=O)(=O)O)C1.c1ccncc1. The largest absolute Gasteiger partial charge is 0.444 e. The van der Waals surface area contributed by atoms with Crippen molar-refractivity contribution in [1.29, 1.82) is 0 Å². The Morgan fingerprint density at radius 2 is 1.81 bits per heavy atom. The van der Waals surface area contributed by atoms with Crippen LogP contribution in [0.25, 0.3) is 0 Å². The van der Waals surface area contributed by atoms with E-state index in [0.29, 0.717) is 30.9 Å². The van der Waals surface area contributed by atoms with E-state index in [2.05, 4.69) is 14.7 Å². The van der Waals surface area contributed by atoms with E-state index >= 15 is 0 Å². The second kappa shape index (κ2) is 12.0. The highest BCUT2D eigenvalue weighted by molar-refractivity contribution is 7.80. The molecule has 206 valence electrons. The third-order valence-corrected chi connectivity index (χ3v) is 6.07. The molecule has 3 atom stereocenters. The van der Waals surface area contributed by atoms with E-state index < -0.39 is 52.2 Å². The number of nitrogens with one attached hydrogen (secondary N) is 1. The van der Waals surface area contributed by atoms with E-state index in [1.165, 1.54) is 9.80 Å². The van der Waals surface area contributed by atoms with Gasteiger partial charge < -0.3 is 14.5 Å². The maximum Gasteiger partial charge on any atom is 0.418 e. The molecule has 4 amide bonds. The second-order valence-electron chi connectivity index (χ2n) is 9.81. The molecule has 2 N–H and O–H groups in total. The van der Waals surface area contributed by atoms with Crippen molar-refractivity contribution in [2.75, 3.05) is 19.6 Å². The number of hydrogen-bond donors (Lipinski definition) is 2. The third kappa shape index (κ3) is 8.52. The molecular weight excluding hydrogens is 510 g/mol. The predicted octanol–water partition coefficient (Wildman–Crippen LogP) is 1.52. The lowest BCUT2D eigenvalue weighted by atomic mass is 10.0. The molecule has 37 heavy (non-hydrogen) atoms. The van der Waals surface area contributed by atoms with Crippen molar-refractivity contribution in [3.8, 4) is 0 Å². The average Bonchev–Trinajstić information content (AvgIpc) is 3.06. The summed E-state index contributed by atoms with van der Waals surface area (Å²) in [5, 5.41) is 0.573. The van der Waals surface area contributed by atoms with Gasteiger partial charge in [-0.25, -0.2) is 15.1 Å². The Kier molecular flexibility index (Phi) is 9.28. The highest BCUT2D eigenvalue weighted by atomic mass is 32.3. The summed E-state index contributed by atoms with van der Waals surface area (Å²) in [5.41, 5.74) is 1.74. The highest BCUT2D eigenvalue weighted by Gasteiger charge is 2.49. The number of hydrogen-bond acceptors (Lipinski definition) is 9.